The molecule has 1 rings (SSSR count). The summed E-state index contributed by atoms with van der Waals surface area (Å²) in [5.74, 6) is -2.27. The monoisotopic (exact) mass is 385 g/mol. The summed E-state index contributed by atoms with van der Waals surface area (Å²) in [5.41, 5.74) is 0.437. The number of imide groups is 1. The Balaban J connectivity index is 2.39. The van der Waals surface area contributed by atoms with Gasteiger partial charge in [-0.15, -0.1) is 11.8 Å². The number of benzene rings is 1. The van der Waals surface area contributed by atoms with Crippen LogP contribution in [-0.4, -0.2) is 48.0 Å². The van der Waals surface area contributed by atoms with Crippen LogP contribution in [0.25, 0.3) is 0 Å². The molecular formula is C16H20FN3O5S. The summed E-state index contributed by atoms with van der Waals surface area (Å²) in [6, 6.07) is 4.56. The van der Waals surface area contributed by atoms with Crippen molar-refractivity contribution in [1.82, 2.24) is 10.6 Å². The average Bonchev–Trinajstić information content (AvgIpc) is 2.61. The Kier molecular flexibility index (Phi) is 8.56. The summed E-state index contributed by atoms with van der Waals surface area (Å²) in [6.07, 6.45) is -1.16. The SMILES string of the molecule is CNC(=O)NC(=O)[C@H](C)OC(=O)[C@H](C)SCC(=O)Nc1ccc(F)cc1. The number of rotatable bonds is 7. The molecule has 0 aliphatic heterocycles. The smallest absolute Gasteiger partial charge is 0.321 e. The van der Waals surface area contributed by atoms with Crippen molar-refractivity contribution in [2.45, 2.75) is 25.2 Å². The summed E-state index contributed by atoms with van der Waals surface area (Å²) in [6.45, 7) is 2.86. The quantitative estimate of drug-likeness (QED) is 0.609. The van der Waals surface area contributed by atoms with E-state index in [-0.39, 0.29) is 11.7 Å². The van der Waals surface area contributed by atoms with Crippen LogP contribution in [-0.2, 0) is 19.1 Å². The summed E-state index contributed by atoms with van der Waals surface area (Å²) >= 11 is 1.02. The van der Waals surface area contributed by atoms with Gasteiger partial charge in [0.25, 0.3) is 5.91 Å². The highest BCUT2D eigenvalue weighted by Crippen LogP contribution is 2.15. The van der Waals surface area contributed by atoms with Gasteiger partial charge in [-0.2, -0.15) is 0 Å². The van der Waals surface area contributed by atoms with E-state index in [0.29, 0.717) is 5.69 Å². The number of hydrogen-bond acceptors (Lipinski definition) is 6. The molecule has 0 heterocycles. The number of amides is 4. The molecule has 10 heteroatoms. The number of nitrogens with one attached hydrogen (secondary N) is 3. The molecule has 0 fully saturated rings. The van der Waals surface area contributed by atoms with E-state index in [2.05, 4.69) is 10.6 Å². The summed E-state index contributed by atoms with van der Waals surface area (Å²) in [4.78, 5) is 46.4. The van der Waals surface area contributed by atoms with Crippen LogP contribution >= 0.6 is 11.8 Å². The van der Waals surface area contributed by atoms with E-state index in [4.69, 9.17) is 4.74 Å². The van der Waals surface area contributed by atoms with Gasteiger partial charge < -0.3 is 15.4 Å². The number of esters is 1. The van der Waals surface area contributed by atoms with Crippen molar-refractivity contribution in [3.05, 3.63) is 30.1 Å². The third-order valence-electron chi connectivity index (χ3n) is 3.05. The van der Waals surface area contributed by atoms with E-state index in [1.165, 1.54) is 45.2 Å². The van der Waals surface area contributed by atoms with Crippen molar-refractivity contribution in [3.8, 4) is 0 Å². The Hall–Kier alpha value is -2.62. The maximum atomic E-state index is 12.8. The minimum Gasteiger partial charge on any atom is -0.452 e. The molecule has 0 aromatic heterocycles. The van der Waals surface area contributed by atoms with Crippen LogP contribution in [0.1, 0.15) is 13.8 Å². The Morgan fingerprint density at radius 2 is 1.77 bits per heavy atom. The maximum absolute atomic E-state index is 12.8. The molecule has 3 N–H and O–H groups in total. The van der Waals surface area contributed by atoms with E-state index in [1.54, 1.807) is 0 Å². The highest BCUT2D eigenvalue weighted by atomic mass is 32.2. The number of carbonyl (C=O) groups is 4. The zero-order chi connectivity index (χ0) is 19.7. The molecule has 0 aliphatic rings. The largest absolute Gasteiger partial charge is 0.452 e. The van der Waals surface area contributed by atoms with Crippen LogP contribution in [0, 0.1) is 5.82 Å². The molecule has 0 bridgehead atoms. The van der Waals surface area contributed by atoms with E-state index < -0.39 is 35.1 Å². The summed E-state index contributed by atoms with van der Waals surface area (Å²) < 4.78 is 17.8. The van der Waals surface area contributed by atoms with Crippen LogP contribution < -0.4 is 16.0 Å². The van der Waals surface area contributed by atoms with E-state index >= 15 is 0 Å². The second kappa shape index (κ2) is 10.4. The minimum atomic E-state index is -1.16. The zero-order valence-corrected chi connectivity index (χ0v) is 15.3. The second-order valence-electron chi connectivity index (χ2n) is 5.16. The van der Waals surface area contributed by atoms with Crippen molar-refractivity contribution in [2.24, 2.45) is 0 Å². The van der Waals surface area contributed by atoms with Gasteiger partial charge in [0.1, 0.15) is 11.1 Å². The van der Waals surface area contributed by atoms with Crippen LogP contribution in [0.2, 0.25) is 0 Å². The van der Waals surface area contributed by atoms with Gasteiger partial charge in [0.15, 0.2) is 6.10 Å². The summed E-state index contributed by atoms with van der Waals surface area (Å²) in [7, 11) is 1.34. The van der Waals surface area contributed by atoms with Crippen molar-refractivity contribution in [1.29, 1.82) is 0 Å². The first kappa shape index (κ1) is 21.4. The van der Waals surface area contributed by atoms with Gasteiger partial charge in [0.2, 0.25) is 5.91 Å². The Morgan fingerprint density at radius 1 is 1.15 bits per heavy atom. The van der Waals surface area contributed by atoms with Gasteiger partial charge in [-0.1, -0.05) is 0 Å². The van der Waals surface area contributed by atoms with Gasteiger partial charge in [-0.05, 0) is 38.1 Å². The Morgan fingerprint density at radius 3 is 2.35 bits per heavy atom. The van der Waals surface area contributed by atoms with Crippen LogP contribution in [0.3, 0.4) is 0 Å². The molecule has 142 valence electrons. The van der Waals surface area contributed by atoms with Crippen molar-refractivity contribution in [2.75, 3.05) is 18.1 Å². The van der Waals surface area contributed by atoms with Crippen molar-refractivity contribution in [3.63, 3.8) is 0 Å². The van der Waals surface area contributed by atoms with Gasteiger partial charge in [-0.3, -0.25) is 19.7 Å². The molecule has 26 heavy (non-hydrogen) atoms. The number of anilines is 1. The van der Waals surface area contributed by atoms with Crippen molar-refractivity contribution >= 4 is 41.3 Å². The predicted molar refractivity (Wildman–Crippen MR) is 95.1 cm³/mol. The first-order chi connectivity index (χ1) is 12.2. The lowest BCUT2D eigenvalue weighted by Gasteiger charge is -2.16. The lowest BCUT2D eigenvalue weighted by Crippen LogP contribution is -2.44. The zero-order valence-electron chi connectivity index (χ0n) is 14.5. The van der Waals surface area contributed by atoms with Crippen LogP contribution in [0.4, 0.5) is 14.9 Å². The minimum absolute atomic E-state index is 0.0353. The number of carbonyl (C=O) groups excluding carboxylic acids is 4. The highest BCUT2D eigenvalue weighted by molar-refractivity contribution is 8.01. The molecule has 0 radical (unpaired) electrons. The molecular weight excluding hydrogens is 365 g/mol. The fraction of sp³-hybridized carbons (Fsp3) is 0.375. The third-order valence-corrected chi connectivity index (χ3v) is 4.17. The standard InChI is InChI=1S/C16H20FN3O5S/c1-9(14(22)20-16(24)18-3)25-15(23)10(2)26-8-13(21)19-12-6-4-11(17)5-7-12/h4-7,9-10H,8H2,1-3H3,(H,19,21)(H2,18,20,22,24)/t9-,10-/m0/s1. The Labute approximate surface area is 154 Å². The molecule has 0 spiro atoms. The van der Waals surface area contributed by atoms with Crippen LogP contribution in [0.15, 0.2) is 24.3 Å². The molecule has 0 saturated heterocycles. The molecule has 0 saturated carbocycles. The Bertz CT molecular complexity index is 668. The molecule has 2 atom stereocenters. The van der Waals surface area contributed by atoms with Crippen LogP contribution in [0.5, 0.6) is 0 Å². The molecule has 0 aliphatic carbocycles. The molecule has 1 aromatic carbocycles. The van der Waals surface area contributed by atoms with E-state index in [0.717, 1.165) is 11.8 Å². The average molecular weight is 385 g/mol. The molecule has 1 aromatic rings. The lowest BCUT2D eigenvalue weighted by molar-refractivity contribution is -0.153. The maximum Gasteiger partial charge on any atom is 0.321 e. The molecule has 4 amide bonds. The lowest BCUT2D eigenvalue weighted by atomic mass is 10.3. The fourth-order valence-electron chi connectivity index (χ4n) is 1.60. The normalized spacial score (nSPS) is 12.5. The number of ether oxygens (including phenoxy) is 1. The third kappa shape index (κ3) is 7.51. The fourth-order valence-corrected chi connectivity index (χ4v) is 2.26. The number of thioether (sulfide) groups is 1. The highest BCUT2D eigenvalue weighted by Gasteiger charge is 2.23. The molecule has 8 nitrogen and oxygen atoms in total. The van der Waals surface area contributed by atoms with Gasteiger partial charge in [0.05, 0.1) is 5.75 Å². The number of urea groups is 1. The number of halogens is 1. The van der Waals surface area contributed by atoms with Crippen molar-refractivity contribution < 1.29 is 28.3 Å². The number of hydrogen-bond donors (Lipinski definition) is 3. The van der Waals surface area contributed by atoms with Gasteiger partial charge >= 0.3 is 12.0 Å². The predicted octanol–water partition coefficient (Wildman–Crippen LogP) is 1.27. The first-order valence-corrected chi connectivity index (χ1v) is 8.68. The van der Waals surface area contributed by atoms with Gasteiger partial charge in [0, 0.05) is 12.7 Å². The van der Waals surface area contributed by atoms with E-state index in [9.17, 15) is 23.6 Å². The first-order valence-electron chi connectivity index (χ1n) is 7.63. The topological polar surface area (TPSA) is 114 Å². The molecule has 0 unspecified atom stereocenters. The summed E-state index contributed by atoms with van der Waals surface area (Å²) in [5, 5.41) is 6.05. The second-order valence-corrected chi connectivity index (χ2v) is 6.48. The van der Waals surface area contributed by atoms with E-state index in [1.807, 2.05) is 5.32 Å². The van der Waals surface area contributed by atoms with Gasteiger partial charge in [-0.25, -0.2) is 9.18 Å².